The number of nitrogens with zero attached hydrogens (tertiary/aromatic N) is 2. The van der Waals surface area contributed by atoms with Gasteiger partial charge in [-0.05, 0) is 44.2 Å². The second-order valence-corrected chi connectivity index (χ2v) is 7.28. The van der Waals surface area contributed by atoms with Crippen molar-refractivity contribution >= 4 is 17.9 Å². The first-order valence-corrected chi connectivity index (χ1v) is 9.88. The first-order chi connectivity index (χ1) is 13.4. The lowest BCUT2D eigenvalue weighted by molar-refractivity contribution is 0.0856. The van der Waals surface area contributed by atoms with E-state index in [-0.39, 0.29) is 35.3 Å². The Morgan fingerprint density at radius 3 is 2.43 bits per heavy atom. The van der Waals surface area contributed by atoms with E-state index in [9.17, 15) is 14.4 Å². The van der Waals surface area contributed by atoms with E-state index in [0.717, 1.165) is 6.42 Å². The number of likely N-dealkylation sites (tertiary alicyclic amines) is 1. The zero-order valence-electron chi connectivity index (χ0n) is 16.9. The number of rotatable bonds is 7. The van der Waals surface area contributed by atoms with Gasteiger partial charge in [0.05, 0.1) is 6.61 Å². The quantitative estimate of drug-likeness (QED) is 0.743. The second kappa shape index (κ2) is 10.6. The van der Waals surface area contributed by atoms with Crippen molar-refractivity contribution in [2.75, 3.05) is 26.2 Å². The van der Waals surface area contributed by atoms with Gasteiger partial charge >= 0.3 is 6.09 Å². The van der Waals surface area contributed by atoms with Gasteiger partial charge in [-0.15, -0.1) is 0 Å². The lowest BCUT2D eigenvalue weighted by atomic mass is 10.1. The summed E-state index contributed by atoms with van der Waals surface area (Å²) in [7, 11) is 0. The molecular formula is C20H30N4O4. The van der Waals surface area contributed by atoms with E-state index < -0.39 is 0 Å². The molecule has 0 bridgehead atoms. The number of aromatic nitrogens is 1. The fourth-order valence-corrected chi connectivity index (χ4v) is 2.93. The second-order valence-electron chi connectivity index (χ2n) is 7.28. The minimum absolute atomic E-state index is 0.0384. The number of pyridine rings is 1. The van der Waals surface area contributed by atoms with Crippen molar-refractivity contribution in [1.82, 2.24) is 20.5 Å². The molecule has 2 N–H and O–H groups in total. The summed E-state index contributed by atoms with van der Waals surface area (Å²) in [6.07, 6.45) is 1.88. The van der Waals surface area contributed by atoms with E-state index in [0.29, 0.717) is 45.0 Å². The Balaban J connectivity index is 1.86. The monoisotopic (exact) mass is 390 g/mol. The standard InChI is InChI=1S/C20H30N4O4/c1-4-28-20(27)24-12-9-15(10-13-24)22-19(26)17-7-5-6-16(23-17)18(25)21-11-8-14(2)3/h5-7,14-15H,4,8-13H2,1-3H3,(H,21,25)(H,22,26). The molecule has 3 amide bonds. The van der Waals surface area contributed by atoms with Crippen molar-refractivity contribution in [1.29, 1.82) is 0 Å². The van der Waals surface area contributed by atoms with Crippen LogP contribution in [0.15, 0.2) is 18.2 Å². The van der Waals surface area contributed by atoms with Crippen LogP contribution in [0.4, 0.5) is 4.79 Å². The smallest absolute Gasteiger partial charge is 0.409 e. The zero-order valence-corrected chi connectivity index (χ0v) is 16.9. The Morgan fingerprint density at radius 1 is 1.18 bits per heavy atom. The van der Waals surface area contributed by atoms with Crippen LogP contribution in [0.5, 0.6) is 0 Å². The number of piperidine rings is 1. The Morgan fingerprint density at radius 2 is 1.82 bits per heavy atom. The predicted octanol–water partition coefficient (Wildman–Crippen LogP) is 2.21. The fourth-order valence-electron chi connectivity index (χ4n) is 2.93. The maximum atomic E-state index is 12.5. The Hall–Kier alpha value is -2.64. The summed E-state index contributed by atoms with van der Waals surface area (Å²) in [6, 6.07) is 4.80. The third-order valence-corrected chi connectivity index (χ3v) is 4.58. The highest BCUT2D eigenvalue weighted by molar-refractivity contribution is 5.96. The van der Waals surface area contributed by atoms with E-state index >= 15 is 0 Å². The molecule has 1 aliphatic rings. The zero-order chi connectivity index (χ0) is 20.5. The molecule has 0 atom stereocenters. The van der Waals surface area contributed by atoms with Gasteiger partial charge in [0.25, 0.3) is 11.8 Å². The minimum Gasteiger partial charge on any atom is -0.450 e. The normalized spacial score (nSPS) is 14.6. The average Bonchev–Trinajstić information content (AvgIpc) is 2.68. The van der Waals surface area contributed by atoms with E-state index in [1.165, 1.54) is 0 Å². The Kier molecular flexibility index (Phi) is 8.22. The van der Waals surface area contributed by atoms with E-state index in [1.807, 2.05) is 0 Å². The van der Waals surface area contributed by atoms with Gasteiger partial charge in [0, 0.05) is 25.7 Å². The summed E-state index contributed by atoms with van der Waals surface area (Å²) in [5.41, 5.74) is 0.442. The molecule has 2 heterocycles. The highest BCUT2D eigenvalue weighted by atomic mass is 16.6. The van der Waals surface area contributed by atoms with Gasteiger partial charge in [0.1, 0.15) is 11.4 Å². The summed E-state index contributed by atoms with van der Waals surface area (Å²) < 4.78 is 5.00. The third kappa shape index (κ3) is 6.51. The van der Waals surface area contributed by atoms with Crippen LogP contribution in [0.1, 0.15) is 61.0 Å². The minimum atomic E-state index is -0.315. The summed E-state index contributed by atoms with van der Waals surface area (Å²) in [5.74, 6) is -0.0925. The first kappa shape index (κ1) is 21.7. The summed E-state index contributed by atoms with van der Waals surface area (Å²) in [4.78, 5) is 42.3. The van der Waals surface area contributed by atoms with Crippen LogP contribution in [0.25, 0.3) is 0 Å². The van der Waals surface area contributed by atoms with E-state index in [4.69, 9.17) is 4.74 Å². The van der Waals surface area contributed by atoms with Gasteiger partial charge in [-0.1, -0.05) is 19.9 Å². The number of hydrogen-bond donors (Lipinski definition) is 2. The van der Waals surface area contributed by atoms with Crippen molar-refractivity contribution in [2.45, 2.75) is 46.1 Å². The molecule has 8 nitrogen and oxygen atoms in total. The molecule has 1 saturated heterocycles. The predicted molar refractivity (Wildman–Crippen MR) is 105 cm³/mol. The fraction of sp³-hybridized carbons (Fsp3) is 0.600. The molecule has 2 rings (SSSR count). The van der Waals surface area contributed by atoms with Crippen molar-refractivity contribution in [3.8, 4) is 0 Å². The van der Waals surface area contributed by atoms with Gasteiger partial charge in [0.2, 0.25) is 0 Å². The van der Waals surface area contributed by atoms with Crippen LogP contribution in [0.2, 0.25) is 0 Å². The van der Waals surface area contributed by atoms with E-state index in [1.54, 1.807) is 30.0 Å². The maximum Gasteiger partial charge on any atom is 0.409 e. The molecule has 0 saturated carbocycles. The van der Waals surface area contributed by atoms with Crippen LogP contribution >= 0.6 is 0 Å². The lowest BCUT2D eigenvalue weighted by Gasteiger charge is -2.31. The maximum absolute atomic E-state index is 12.5. The number of hydrogen-bond acceptors (Lipinski definition) is 5. The summed E-state index contributed by atoms with van der Waals surface area (Å²) >= 11 is 0. The molecule has 0 aliphatic carbocycles. The third-order valence-electron chi connectivity index (χ3n) is 4.58. The topological polar surface area (TPSA) is 101 Å². The molecule has 0 aromatic carbocycles. The molecule has 0 radical (unpaired) electrons. The van der Waals surface area contributed by atoms with Gasteiger partial charge in [-0.3, -0.25) is 9.59 Å². The number of carbonyl (C=O) groups excluding carboxylic acids is 3. The first-order valence-electron chi connectivity index (χ1n) is 9.88. The number of nitrogens with one attached hydrogen (secondary N) is 2. The SMILES string of the molecule is CCOC(=O)N1CCC(NC(=O)c2cccc(C(=O)NCCC(C)C)n2)CC1. The summed E-state index contributed by atoms with van der Waals surface area (Å²) in [5, 5.41) is 5.76. The number of carbonyl (C=O) groups is 3. The molecule has 1 aromatic heterocycles. The number of amides is 3. The highest BCUT2D eigenvalue weighted by Gasteiger charge is 2.25. The summed E-state index contributed by atoms with van der Waals surface area (Å²) in [6.45, 7) is 7.96. The van der Waals surface area contributed by atoms with Crippen molar-refractivity contribution < 1.29 is 19.1 Å². The molecule has 1 fully saturated rings. The molecule has 28 heavy (non-hydrogen) atoms. The van der Waals surface area contributed by atoms with Crippen LogP contribution in [-0.4, -0.2) is 60.1 Å². The largest absolute Gasteiger partial charge is 0.450 e. The molecule has 154 valence electrons. The van der Waals surface area contributed by atoms with Crippen molar-refractivity contribution in [2.24, 2.45) is 5.92 Å². The molecule has 0 unspecified atom stereocenters. The molecule has 1 aromatic rings. The van der Waals surface area contributed by atoms with Crippen molar-refractivity contribution in [3.05, 3.63) is 29.6 Å². The van der Waals surface area contributed by atoms with Crippen LogP contribution in [-0.2, 0) is 4.74 Å². The Labute approximate surface area is 166 Å². The van der Waals surface area contributed by atoms with Crippen LogP contribution < -0.4 is 10.6 Å². The lowest BCUT2D eigenvalue weighted by Crippen LogP contribution is -2.46. The van der Waals surface area contributed by atoms with Crippen LogP contribution in [0.3, 0.4) is 0 Å². The molecule has 8 heteroatoms. The van der Waals surface area contributed by atoms with Crippen LogP contribution in [0, 0.1) is 5.92 Å². The van der Waals surface area contributed by atoms with Gasteiger partial charge in [-0.25, -0.2) is 9.78 Å². The van der Waals surface area contributed by atoms with Crippen molar-refractivity contribution in [3.63, 3.8) is 0 Å². The van der Waals surface area contributed by atoms with Gasteiger partial charge in [-0.2, -0.15) is 0 Å². The molecule has 1 aliphatic heterocycles. The molecule has 0 spiro atoms. The number of ether oxygens (including phenoxy) is 1. The molecular weight excluding hydrogens is 360 g/mol. The average molecular weight is 390 g/mol. The van der Waals surface area contributed by atoms with Gasteiger partial charge in [0.15, 0.2) is 0 Å². The highest BCUT2D eigenvalue weighted by Crippen LogP contribution is 2.12. The van der Waals surface area contributed by atoms with E-state index in [2.05, 4.69) is 29.5 Å². The Bertz CT molecular complexity index is 685. The van der Waals surface area contributed by atoms with Gasteiger partial charge < -0.3 is 20.3 Å².